The zero-order chi connectivity index (χ0) is 13.2. The van der Waals surface area contributed by atoms with Crippen molar-refractivity contribution in [2.45, 2.75) is 32.8 Å². The average molecular weight is 245 g/mol. The largest absolute Gasteiger partial charge is 0.487 e. The fourth-order valence-electron chi connectivity index (χ4n) is 1.67. The molecule has 4 nitrogen and oxygen atoms in total. The van der Waals surface area contributed by atoms with E-state index in [-0.39, 0.29) is 5.41 Å². The molecule has 0 aliphatic heterocycles. The fourth-order valence-corrected chi connectivity index (χ4v) is 1.67. The van der Waals surface area contributed by atoms with E-state index in [0.29, 0.717) is 6.61 Å². The minimum absolute atomic E-state index is 0.170. The Bertz CT molecular complexity index is 509. The number of hydrogen-bond acceptors (Lipinski definition) is 3. The monoisotopic (exact) mass is 245 g/mol. The molecule has 0 spiro atoms. The van der Waals surface area contributed by atoms with Crippen LogP contribution in [-0.2, 0) is 19.1 Å². The van der Waals surface area contributed by atoms with E-state index >= 15 is 0 Å². The number of hydrogen-bond donors (Lipinski definition) is 0. The van der Waals surface area contributed by atoms with Gasteiger partial charge in [-0.25, -0.2) is 0 Å². The lowest BCUT2D eigenvalue weighted by Crippen LogP contribution is -2.10. The molecule has 1 aromatic heterocycles. The Kier molecular flexibility index (Phi) is 3.36. The molecule has 2 rings (SSSR count). The van der Waals surface area contributed by atoms with Crippen LogP contribution in [0.15, 0.2) is 30.5 Å². The Hall–Kier alpha value is -1.84. The van der Waals surface area contributed by atoms with Gasteiger partial charge < -0.3 is 4.74 Å². The molecule has 96 valence electrons. The molecule has 0 unspecified atom stereocenters. The van der Waals surface area contributed by atoms with Crippen molar-refractivity contribution in [3.05, 3.63) is 41.7 Å². The molecule has 2 aromatic rings. The first-order chi connectivity index (χ1) is 8.45. The molecule has 0 atom stereocenters. The van der Waals surface area contributed by atoms with Gasteiger partial charge in [-0.15, -0.1) is 5.10 Å². The maximum Gasteiger partial charge on any atom is 0.134 e. The van der Waals surface area contributed by atoms with E-state index in [1.54, 1.807) is 4.68 Å². The van der Waals surface area contributed by atoms with Crippen LogP contribution in [0.1, 0.15) is 32.0 Å². The molecule has 0 aliphatic carbocycles. The van der Waals surface area contributed by atoms with Crippen molar-refractivity contribution in [3.63, 3.8) is 0 Å². The second-order valence-corrected chi connectivity index (χ2v) is 5.45. The summed E-state index contributed by atoms with van der Waals surface area (Å²) in [6.45, 7) is 7.04. The van der Waals surface area contributed by atoms with Crippen LogP contribution >= 0.6 is 0 Å². The van der Waals surface area contributed by atoms with Crippen LogP contribution < -0.4 is 4.74 Å². The lowest BCUT2D eigenvalue weighted by atomic mass is 9.87. The van der Waals surface area contributed by atoms with Crippen LogP contribution in [0.5, 0.6) is 5.75 Å². The average Bonchev–Trinajstić information content (AvgIpc) is 2.72. The topological polar surface area (TPSA) is 39.9 Å². The second kappa shape index (κ2) is 4.80. The van der Waals surface area contributed by atoms with Gasteiger partial charge in [-0.3, -0.25) is 4.68 Å². The van der Waals surface area contributed by atoms with E-state index in [1.165, 1.54) is 5.56 Å². The maximum atomic E-state index is 5.66. The summed E-state index contributed by atoms with van der Waals surface area (Å²) in [6.07, 6.45) is 1.85. The summed E-state index contributed by atoms with van der Waals surface area (Å²) < 4.78 is 7.33. The minimum atomic E-state index is 0.170. The molecule has 0 saturated heterocycles. The lowest BCUT2D eigenvalue weighted by molar-refractivity contribution is 0.301. The third-order valence-corrected chi connectivity index (χ3v) is 2.76. The van der Waals surface area contributed by atoms with E-state index < -0.39 is 0 Å². The molecule has 1 heterocycles. The van der Waals surface area contributed by atoms with Crippen LogP contribution in [0.2, 0.25) is 0 Å². The number of rotatable bonds is 3. The zero-order valence-electron chi connectivity index (χ0n) is 11.3. The van der Waals surface area contributed by atoms with Crippen molar-refractivity contribution in [2.24, 2.45) is 7.05 Å². The summed E-state index contributed by atoms with van der Waals surface area (Å²) in [5.74, 6) is 0.855. The maximum absolute atomic E-state index is 5.66. The highest BCUT2D eigenvalue weighted by Crippen LogP contribution is 2.24. The van der Waals surface area contributed by atoms with Crippen molar-refractivity contribution in [1.29, 1.82) is 0 Å². The van der Waals surface area contributed by atoms with Crippen molar-refractivity contribution >= 4 is 0 Å². The van der Waals surface area contributed by atoms with Crippen LogP contribution in [0.4, 0.5) is 0 Å². The fraction of sp³-hybridized carbons (Fsp3) is 0.429. The number of aromatic nitrogens is 3. The first kappa shape index (κ1) is 12.6. The van der Waals surface area contributed by atoms with E-state index in [9.17, 15) is 0 Å². The quantitative estimate of drug-likeness (QED) is 0.834. The smallest absolute Gasteiger partial charge is 0.134 e. The van der Waals surface area contributed by atoms with Gasteiger partial charge in [-0.1, -0.05) is 38.1 Å². The summed E-state index contributed by atoms with van der Waals surface area (Å²) in [4.78, 5) is 0. The highest BCUT2D eigenvalue weighted by molar-refractivity contribution is 5.31. The Balaban J connectivity index is 1.98. The molecular formula is C14H19N3O. The molecule has 0 amide bonds. The van der Waals surface area contributed by atoms with E-state index in [1.807, 2.05) is 25.4 Å². The van der Waals surface area contributed by atoms with Gasteiger partial charge in [0, 0.05) is 7.05 Å². The Morgan fingerprint density at radius 1 is 1.17 bits per heavy atom. The van der Waals surface area contributed by atoms with Crippen LogP contribution in [0.3, 0.4) is 0 Å². The molecule has 1 aromatic carbocycles. The van der Waals surface area contributed by atoms with Gasteiger partial charge in [0.15, 0.2) is 0 Å². The van der Waals surface area contributed by atoms with Gasteiger partial charge in [0.05, 0.1) is 6.20 Å². The molecule has 4 heteroatoms. The van der Waals surface area contributed by atoms with Gasteiger partial charge in [0.1, 0.15) is 18.1 Å². The molecule has 0 fully saturated rings. The first-order valence-corrected chi connectivity index (χ1v) is 6.04. The van der Waals surface area contributed by atoms with Gasteiger partial charge in [0.25, 0.3) is 0 Å². The molecule has 0 saturated carbocycles. The second-order valence-electron chi connectivity index (χ2n) is 5.45. The summed E-state index contributed by atoms with van der Waals surface area (Å²) in [5, 5.41) is 7.84. The molecular weight excluding hydrogens is 226 g/mol. The van der Waals surface area contributed by atoms with Crippen molar-refractivity contribution < 1.29 is 4.74 Å². The number of ether oxygens (including phenoxy) is 1. The minimum Gasteiger partial charge on any atom is -0.487 e. The molecule has 0 radical (unpaired) electrons. The highest BCUT2D eigenvalue weighted by atomic mass is 16.5. The molecule has 0 aliphatic rings. The third kappa shape index (κ3) is 3.09. The van der Waals surface area contributed by atoms with E-state index in [0.717, 1.165) is 11.4 Å². The standard InChI is InChI=1S/C14H19N3O/c1-14(2,3)11-5-7-13(8-6-11)18-10-12-9-17(4)16-15-12/h5-9H,10H2,1-4H3. The SMILES string of the molecule is Cn1cc(COc2ccc(C(C)(C)C)cc2)nn1. The normalized spacial score (nSPS) is 11.6. The zero-order valence-corrected chi connectivity index (χ0v) is 11.3. The van der Waals surface area contributed by atoms with Gasteiger partial charge in [-0.2, -0.15) is 0 Å². The molecule has 18 heavy (non-hydrogen) atoms. The van der Waals surface area contributed by atoms with Crippen molar-refractivity contribution in [3.8, 4) is 5.75 Å². The Morgan fingerprint density at radius 2 is 1.83 bits per heavy atom. The van der Waals surface area contributed by atoms with Crippen molar-refractivity contribution in [1.82, 2.24) is 15.0 Å². The summed E-state index contributed by atoms with van der Waals surface area (Å²) in [5.41, 5.74) is 2.30. The van der Waals surface area contributed by atoms with Gasteiger partial charge >= 0.3 is 0 Å². The molecule has 0 bridgehead atoms. The first-order valence-electron chi connectivity index (χ1n) is 6.04. The van der Waals surface area contributed by atoms with Crippen LogP contribution in [0.25, 0.3) is 0 Å². The van der Waals surface area contributed by atoms with Gasteiger partial charge in [0.2, 0.25) is 0 Å². The number of benzene rings is 1. The number of nitrogens with zero attached hydrogens (tertiary/aromatic N) is 3. The van der Waals surface area contributed by atoms with Crippen LogP contribution in [-0.4, -0.2) is 15.0 Å². The lowest BCUT2D eigenvalue weighted by Gasteiger charge is -2.19. The van der Waals surface area contributed by atoms with Gasteiger partial charge in [-0.05, 0) is 23.1 Å². The third-order valence-electron chi connectivity index (χ3n) is 2.76. The predicted molar refractivity (Wildman–Crippen MR) is 70.5 cm³/mol. The van der Waals surface area contributed by atoms with E-state index in [4.69, 9.17) is 4.74 Å². The number of aryl methyl sites for hydroxylation is 1. The van der Waals surface area contributed by atoms with Crippen molar-refractivity contribution in [2.75, 3.05) is 0 Å². The summed E-state index contributed by atoms with van der Waals surface area (Å²) in [7, 11) is 1.84. The van der Waals surface area contributed by atoms with E-state index in [2.05, 4.69) is 43.2 Å². The molecule has 0 N–H and O–H groups in total. The summed E-state index contributed by atoms with van der Waals surface area (Å²) in [6, 6.07) is 8.20. The summed E-state index contributed by atoms with van der Waals surface area (Å²) >= 11 is 0. The Labute approximate surface area is 108 Å². The predicted octanol–water partition coefficient (Wildman–Crippen LogP) is 2.69. The Morgan fingerprint density at radius 3 is 2.33 bits per heavy atom. The highest BCUT2D eigenvalue weighted by Gasteiger charge is 2.12. The van der Waals surface area contributed by atoms with Crippen LogP contribution in [0, 0.1) is 0 Å².